The lowest BCUT2D eigenvalue weighted by atomic mass is 10.0. The Kier molecular flexibility index (Phi) is 3.91. The van der Waals surface area contributed by atoms with Crippen LogP contribution < -0.4 is 14.8 Å². The van der Waals surface area contributed by atoms with E-state index in [0.29, 0.717) is 37.1 Å². The first-order valence-corrected chi connectivity index (χ1v) is 9.62. The highest BCUT2D eigenvalue weighted by molar-refractivity contribution is 7.87. The van der Waals surface area contributed by atoms with Gasteiger partial charge in [-0.25, -0.2) is 0 Å². The number of carbonyl (C=O) groups excluding carboxylic acids is 2. The molecule has 2 aromatic rings. The summed E-state index contributed by atoms with van der Waals surface area (Å²) in [6.45, 7) is 0. The minimum atomic E-state index is -4.00. The number of rotatable bonds is 3. The SMILES string of the molecule is O=C1CCc2cc(OS(=O)(=O)c3ccc4c(c3)CCC(=O)N4)ccc2N1. The fourth-order valence-corrected chi connectivity index (χ4v) is 4.08. The summed E-state index contributed by atoms with van der Waals surface area (Å²) in [4.78, 5) is 22.8. The van der Waals surface area contributed by atoms with Crippen LogP contribution in [0.3, 0.4) is 0 Å². The molecule has 2 amide bonds. The monoisotopic (exact) mass is 372 g/mol. The van der Waals surface area contributed by atoms with Crippen LogP contribution in [0.2, 0.25) is 0 Å². The number of hydrogen-bond donors (Lipinski definition) is 2. The maximum atomic E-state index is 12.6. The Morgan fingerprint density at radius 1 is 0.769 bits per heavy atom. The summed E-state index contributed by atoms with van der Waals surface area (Å²) in [5.41, 5.74) is 2.91. The maximum Gasteiger partial charge on any atom is 0.339 e. The van der Waals surface area contributed by atoms with Crippen molar-refractivity contribution < 1.29 is 22.2 Å². The second-order valence-electron chi connectivity index (χ2n) is 6.27. The molecule has 2 heterocycles. The van der Waals surface area contributed by atoms with Crippen molar-refractivity contribution in [2.75, 3.05) is 10.6 Å². The lowest BCUT2D eigenvalue weighted by molar-refractivity contribution is -0.117. The molecule has 2 aliphatic rings. The van der Waals surface area contributed by atoms with Crippen molar-refractivity contribution in [2.45, 2.75) is 30.6 Å². The topological polar surface area (TPSA) is 102 Å². The molecular formula is C18H16N2O5S. The molecule has 2 aliphatic heterocycles. The van der Waals surface area contributed by atoms with Crippen molar-refractivity contribution in [3.63, 3.8) is 0 Å². The number of anilines is 2. The van der Waals surface area contributed by atoms with Gasteiger partial charge in [0.15, 0.2) is 0 Å². The van der Waals surface area contributed by atoms with Gasteiger partial charge in [-0.15, -0.1) is 0 Å². The molecule has 7 nitrogen and oxygen atoms in total. The third-order valence-electron chi connectivity index (χ3n) is 4.44. The lowest BCUT2D eigenvalue weighted by Gasteiger charge is -2.19. The predicted molar refractivity (Wildman–Crippen MR) is 94.6 cm³/mol. The van der Waals surface area contributed by atoms with E-state index in [1.54, 1.807) is 18.2 Å². The van der Waals surface area contributed by atoms with E-state index >= 15 is 0 Å². The van der Waals surface area contributed by atoms with Gasteiger partial charge >= 0.3 is 10.1 Å². The normalized spacial score (nSPS) is 16.2. The average Bonchev–Trinajstić information content (AvgIpc) is 2.61. The molecule has 0 aliphatic carbocycles. The third kappa shape index (κ3) is 3.15. The van der Waals surface area contributed by atoms with Crippen LogP contribution in [0, 0.1) is 0 Å². The number of hydrogen-bond acceptors (Lipinski definition) is 5. The van der Waals surface area contributed by atoms with Crippen LogP contribution in [-0.2, 0) is 32.5 Å². The van der Waals surface area contributed by atoms with Gasteiger partial charge in [-0.1, -0.05) is 0 Å². The number of fused-ring (bicyclic) bond motifs is 2. The molecule has 0 spiro atoms. The van der Waals surface area contributed by atoms with Crippen molar-refractivity contribution in [2.24, 2.45) is 0 Å². The zero-order valence-corrected chi connectivity index (χ0v) is 14.6. The molecule has 4 rings (SSSR count). The molecule has 0 atom stereocenters. The standard InChI is InChI=1S/C18H16N2O5S/c21-17-7-1-11-9-13(3-5-15(11)19-17)25-26(23,24)14-4-6-16-12(10-14)2-8-18(22)20-16/h3-6,9-10H,1-2,7-8H2,(H,19,21)(H,20,22). The molecule has 8 heteroatoms. The van der Waals surface area contributed by atoms with E-state index in [1.807, 2.05) is 0 Å². The van der Waals surface area contributed by atoms with Gasteiger partial charge in [0, 0.05) is 24.2 Å². The number of amides is 2. The Labute approximate surface area is 150 Å². The largest absolute Gasteiger partial charge is 0.379 e. The van der Waals surface area contributed by atoms with Crippen LogP contribution in [0.1, 0.15) is 24.0 Å². The molecule has 0 saturated carbocycles. The van der Waals surface area contributed by atoms with Gasteiger partial charge in [0.05, 0.1) is 0 Å². The van der Waals surface area contributed by atoms with Gasteiger partial charge in [0.25, 0.3) is 0 Å². The summed E-state index contributed by atoms with van der Waals surface area (Å²) in [7, 11) is -4.00. The van der Waals surface area contributed by atoms with Crippen molar-refractivity contribution in [1.82, 2.24) is 0 Å². The Morgan fingerprint density at radius 3 is 2.00 bits per heavy atom. The van der Waals surface area contributed by atoms with Crippen molar-refractivity contribution in [3.05, 3.63) is 47.5 Å². The molecule has 0 bridgehead atoms. The molecule has 0 saturated heterocycles. The van der Waals surface area contributed by atoms with Crippen molar-refractivity contribution in [1.29, 1.82) is 0 Å². The van der Waals surface area contributed by atoms with E-state index in [0.717, 1.165) is 11.1 Å². The minimum absolute atomic E-state index is 0.0402. The van der Waals surface area contributed by atoms with E-state index in [2.05, 4.69) is 10.6 Å². The van der Waals surface area contributed by atoms with Crippen LogP contribution in [0.15, 0.2) is 41.3 Å². The Balaban J connectivity index is 1.60. The highest BCUT2D eigenvalue weighted by atomic mass is 32.2. The molecule has 134 valence electrons. The van der Waals surface area contributed by atoms with Crippen LogP contribution in [0.25, 0.3) is 0 Å². The maximum absolute atomic E-state index is 12.6. The highest BCUT2D eigenvalue weighted by Crippen LogP contribution is 2.30. The smallest absolute Gasteiger partial charge is 0.339 e. The molecule has 2 aromatic carbocycles. The van der Waals surface area contributed by atoms with Gasteiger partial charge < -0.3 is 14.8 Å². The van der Waals surface area contributed by atoms with Crippen LogP contribution in [-0.4, -0.2) is 20.2 Å². The fraction of sp³-hybridized carbons (Fsp3) is 0.222. The highest BCUT2D eigenvalue weighted by Gasteiger charge is 2.22. The summed E-state index contributed by atoms with van der Waals surface area (Å²) >= 11 is 0. The Morgan fingerprint density at radius 2 is 1.35 bits per heavy atom. The zero-order chi connectivity index (χ0) is 18.3. The average molecular weight is 372 g/mol. The van der Waals surface area contributed by atoms with E-state index in [-0.39, 0.29) is 22.5 Å². The molecular weight excluding hydrogens is 356 g/mol. The Bertz CT molecular complexity index is 1030. The third-order valence-corrected chi connectivity index (χ3v) is 5.68. The number of nitrogens with one attached hydrogen (secondary N) is 2. The van der Waals surface area contributed by atoms with Gasteiger partial charge in [0.1, 0.15) is 10.6 Å². The van der Waals surface area contributed by atoms with E-state index < -0.39 is 10.1 Å². The summed E-state index contributed by atoms with van der Waals surface area (Å²) < 4.78 is 30.5. The summed E-state index contributed by atoms with van der Waals surface area (Å²) in [5, 5.41) is 5.46. The van der Waals surface area contributed by atoms with E-state index in [9.17, 15) is 18.0 Å². The van der Waals surface area contributed by atoms with Crippen LogP contribution in [0.4, 0.5) is 11.4 Å². The summed E-state index contributed by atoms with van der Waals surface area (Å²) in [6.07, 6.45) is 1.72. The fourth-order valence-electron chi connectivity index (χ4n) is 3.10. The first kappa shape index (κ1) is 16.6. The Hall–Kier alpha value is -2.87. The number of aryl methyl sites for hydroxylation is 2. The molecule has 0 fully saturated rings. The van der Waals surface area contributed by atoms with Crippen LogP contribution in [0.5, 0.6) is 5.75 Å². The predicted octanol–water partition coefficient (Wildman–Crippen LogP) is 2.22. The second kappa shape index (κ2) is 6.14. The molecule has 0 aromatic heterocycles. The second-order valence-corrected chi connectivity index (χ2v) is 7.82. The van der Waals surface area contributed by atoms with E-state index in [4.69, 9.17) is 4.18 Å². The molecule has 2 N–H and O–H groups in total. The van der Waals surface area contributed by atoms with Gasteiger partial charge in [0.2, 0.25) is 11.8 Å². The molecule has 26 heavy (non-hydrogen) atoms. The molecule has 0 unspecified atom stereocenters. The number of benzene rings is 2. The first-order valence-electron chi connectivity index (χ1n) is 8.21. The first-order chi connectivity index (χ1) is 12.4. The van der Waals surface area contributed by atoms with Crippen LogP contribution >= 0.6 is 0 Å². The van der Waals surface area contributed by atoms with E-state index in [1.165, 1.54) is 18.2 Å². The van der Waals surface area contributed by atoms with Gasteiger partial charge in [-0.05, 0) is 60.4 Å². The lowest BCUT2D eigenvalue weighted by Crippen LogP contribution is -2.20. The summed E-state index contributed by atoms with van der Waals surface area (Å²) in [5.74, 6) is 0.0661. The van der Waals surface area contributed by atoms with Crippen molar-refractivity contribution >= 4 is 33.3 Å². The summed E-state index contributed by atoms with van der Waals surface area (Å²) in [6, 6.07) is 9.30. The minimum Gasteiger partial charge on any atom is -0.379 e. The van der Waals surface area contributed by atoms with Crippen molar-refractivity contribution in [3.8, 4) is 5.75 Å². The van der Waals surface area contributed by atoms with Gasteiger partial charge in [-0.3, -0.25) is 9.59 Å². The number of carbonyl (C=O) groups is 2. The zero-order valence-electron chi connectivity index (χ0n) is 13.7. The molecule has 0 radical (unpaired) electrons. The quantitative estimate of drug-likeness (QED) is 0.805. The van der Waals surface area contributed by atoms with Gasteiger partial charge in [-0.2, -0.15) is 8.42 Å².